The second kappa shape index (κ2) is 6.19. The van der Waals surface area contributed by atoms with Crippen LogP contribution in [-0.2, 0) is 10.3 Å². The van der Waals surface area contributed by atoms with Crippen molar-refractivity contribution in [1.29, 1.82) is 0 Å². The Kier molecular flexibility index (Phi) is 5.19. The molecule has 0 aliphatic rings. The monoisotopic (exact) mass is 363 g/mol. The molecule has 0 N–H and O–H groups in total. The van der Waals surface area contributed by atoms with Gasteiger partial charge in [-0.25, -0.2) is 0 Å². The van der Waals surface area contributed by atoms with Gasteiger partial charge >= 0.3 is 18.0 Å². The maximum Gasteiger partial charge on any atom is 0.459 e. The molecule has 1 unspecified atom stereocenters. The fourth-order valence-electron chi connectivity index (χ4n) is 2.10. The molecule has 1 rings (SSSR count). The number of benzene rings is 1. The first-order chi connectivity index (χ1) is 10.7. The third-order valence-electron chi connectivity index (χ3n) is 3.50. The molecule has 1 atom stereocenters. The number of rotatable bonds is 6. The van der Waals surface area contributed by atoms with Crippen LogP contribution in [0.15, 0.2) is 24.3 Å². The molecule has 0 heterocycles. The number of methoxy groups -OCH3 is 1. The van der Waals surface area contributed by atoms with Crippen LogP contribution < -0.4 is 0 Å². The summed E-state index contributed by atoms with van der Waals surface area (Å²) in [7, 11) is 0.776. The van der Waals surface area contributed by atoms with E-state index in [1.54, 1.807) is 0 Å². The van der Waals surface area contributed by atoms with Crippen LogP contribution >= 0.6 is 0 Å². The van der Waals surface area contributed by atoms with Crippen molar-refractivity contribution in [2.24, 2.45) is 0 Å². The highest BCUT2D eigenvalue weighted by Crippen LogP contribution is 2.52. The second-order valence-electron chi connectivity index (χ2n) is 5.16. The largest absolute Gasteiger partial charge is 0.459 e. The van der Waals surface area contributed by atoms with Gasteiger partial charge in [0.05, 0.1) is 16.9 Å². The Morgan fingerprint density at radius 1 is 1.08 bits per heavy atom. The van der Waals surface area contributed by atoms with E-state index in [2.05, 4.69) is 4.74 Å². The van der Waals surface area contributed by atoms with Crippen LogP contribution in [-0.4, -0.2) is 30.1 Å². The molecule has 1 aromatic carbocycles. The molecule has 0 aliphatic heterocycles. The van der Waals surface area contributed by atoms with Crippen LogP contribution in [0.3, 0.4) is 0 Å². The Labute approximate surface area is 131 Å². The van der Waals surface area contributed by atoms with Crippen LogP contribution in [0, 0.1) is 10.1 Å². The maximum absolute atomic E-state index is 13.7. The van der Waals surface area contributed by atoms with Gasteiger partial charge in [0.15, 0.2) is 0 Å². The normalized spacial score (nSPS) is 15.9. The predicted molar refractivity (Wildman–Crippen MR) is 68.0 cm³/mol. The molecule has 0 radical (unpaired) electrons. The first kappa shape index (κ1) is 20.1. The van der Waals surface area contributed by atoms with E-state index < -0.39 is 46.2 Å². The standard InChI is InChI=1S/C13H12F7NO3/c1-10(24-2,8-5-3-4-6-9(8)21(22)23)7-11(14,15)12(16,17)13(18,19)20/h3-6H,7H2,1-2H3. The Bertz CT molecular complexity index is 618. The number of nitrogens with zero attached hydrogens (tertiary/aromatic N) is 1. The van der Waals surface area contributed by atoms with E-state index in [0.29, 0.717) is 0 Å². The topological polar surface area (TPSA) is 52.4 Å². The van der Waals surface area contributed by atoms with Gasteiger partial charge in [0.2, 0.25) is 0 Å². The SMILES string of the molecule is COC(C)(CC(F)(F)C(F)(F)C(F)(F)F)c1ccccc1[N+](=O)[O-]. The highest BCUT2D eigenvalue weighted by molar-refractivity contribution is 5.44. The van der Waals surface area contributed by atoms with Crippen molar-refractivity contribution < 1.29 is 40.4 Å². The second-order valence-corrected chi connectivity index (χ2v) is 5.16. The molecule has 1 aromatic rings. The van der Waals surface area contributed by atoms with E-state index in [-0.39, 0.29) is 0 Å². The lowest BCUT2D eigenvalue weighted by molar-refractivity contribution is -0.387. The number of nitro benzene ring substituents is 1. The summed E-state index contributed by atoms with van der Waals surface area (Å²) in [5.74, 6) is -11.9. The minimum Gasteiger partial charge on any atom is -0.373 e. The van der Waals surface area contributed by atoms with Crippen molar-refractivity contribution in [2.75, 3.05) is 7.11 Å². The molecule has 0 spiro atoms. The van der Waals surface area contributed by atoms with Gasteiger partial charge in [-0.05, 0) is 13.0 Å². The van der Waals surface area contributed by atoms with Gasteiger partial charge in [-0.15, -0.1) is 0 Å². The molecule has 24 heavy (non-hydrogen) atoms. The van der Waals surface area contributed by atoms with Crippen molar-refractivity contribution in [3.8, 4) is 0 Å². The number of para-hydroxylation sites is 1. The minimum absolute atomic E-state index is 0.546. The van der Waals surface area contributed by atoms with Crippen LogP contribution in [0.2, 0.25) is 0 Å². The van der Waals surface area contributed by atoms with Gasteiger partial charge in [0.25, 0.3) is 5.69 Å². The smallest absolute Gasteiger partial charge is 0.373 e. The molecular formula is C13H12F7NO3. The van der Waals surface area contributed by atoms with Crippen molar-refractivity contribution in [2.45, 2.75) is 37.0 Å². The van der Waals surface area contributed by atoms with Crippen LogP contribution in [0.4, 0.5) is 36.4 Å². The highest BCUT2D eigenvalue weighted by atomic mass is 19.4. The summed E-state index contributed by atoms with van der Waals surface area (Å²) >= 11 is 0. The number of halogens is 7. The summed E-state index contributed by atoms with van der Waals surface area (Å²) in [6.45, 7) is 0.774. The molecule has 4 nitrogen and oxygen atoms in total. The maximum atomic E-state index is 13.7. The Morgan fingerprint density at radius 3 is 2.00 bits per heavy atom. The molecular weight excluding hydrogens is 351 g/mol. The fourth-order valence-corrected chi connectivity index (χ4v) is 2.10. The van der Waals surface area contributed by atoms with Gasteiger partial charge in [-0.3, -0.25) is 10.1 Å². The van der Waals surface area contributed by atoms with E-state index in [4.69, 9.17) is 0 Å². The van der Waals surface area contributed by atoms with Crippen molar-refractivity contribution in [3.05, 3.63) is 39.9 Å². The van der Waals surface area contributed by atoms with Crippen LogP contribution in [0.5, 0.6) is 0 Å². The number of hydrogen-bond acceptors (Lipinski definition) is 3. The summed E-state index contributed by atoms with van der Waals surface area (Å²) in [6.07, 6.45) is -8.61. The van der Waals surface area contributed by atoms with Crippen molar-refractivity contribution in [3.63, 3.8) is 0 Å². The average molecular weight is 363 g/mol. The van der Waals surface area contributed by atoms with E-state index in [1.165, 1.54) is 12.1 Å². The van der Waals surface area contributed by atoms with Crippen LogP contribution in [0.1, 0.15) is 18.9 Å². The number of ether oxygens (including phenoxy) is 1. The summed E-state index contributed by atoms with van der Waals surface area (Å²) in [5, 5.41) is 10.9. The van der Waals surface area contributed by atoms with Crippen molar-refractivity contribution >= 4 is 5.69 Å². The molecule has 0 saturated heterocycles. The molecule has 0 aromatic heterocycles. The van der Waals surface area contributed by atoms with Crippen molar-refractivity contribution in [1.82, 2.24) is 0 Å². The highest BCUT2D eigenvalue weighted by Gasteiger charge is 2.74. The van der Waals surface area contributed by atoms with E-state index in [9.17, 15) is 40.8 Å². The zero-order valence-corrected chi connectivity index (χ0v) is 12.3. The zero-order chi connectivity index (χ0) is 19.0. The molecule has 0 aliphatic carbocycles. The fraction of sp³-hybridized carbons (Fsp3) is 0.538. The summed E-state index contributed by atoms with van der Waals surface area (Å²) in [6, 6.07) is 4.20. The third kappa shape index (κ3) is 3.45. The van der Waals surface area contributed by atoms with E-state index >= 15 is 0 Å². The van der Waals surface area contributed by atoms with E-state index in [1.807, 2.05) is 0 Å². The predicted octanol–water partition coefficient (Wildman–Crippen LogP) is 4.68. The Morgan fingerprint density at radius 2 is 1.58 bits per heavy atom. The first-order valence-corrected chi connectivity index (χ1v) is 6.31. The zero-order valence-electron chi connectivity index (χ0n) is 12.3. The lowest BCUT2D eigenvalue weighted by atomic mass is 9.86. The lowest BCUT2D eigenvalue weighted by Gasteiger charge is -2.35. The quantitative estimate of drug-likeness (QED) is 0.419. The van der Waals surface area contributed by atoms with Gasteiger partial charge in [0.1, 0.15) is 5.60 Å². The average Bonchev–Trinajstić information content (AvgIpc) is 2.45. The summed E-state index contributed by atoms with van der Waals surface area (Å²) in [5.41, 5.74) is -3.75. The summed E-state index contributed by atoms with van der Waals surface area (Å²) < 4.78 is 94.9. The molecule has 136 valence electrons. The molecule has 0 saturated carbocycles. The molecule has 0 amide bonds. The molecule has 0 fully saturated rings. The van der Waals surface area contributed by atoms with Gasteiger partial charge in [-0.2, -0.15) is 30.7 Å². The number of hydrogen-bond donors (Lipinski definition) is 0. The van der Waals surface area contributed by atoms with Crippen LogP contribution in [0.25, 0.3) is 0 Å². The van der Waals surface area contributed by atoms with E-state index in [0.717, 1.165) is 26.2 Å². The Hall–Kier alpha value is -1.91. The summed E-state index contributed by atoms with van der Waals surface area (Å²) in [4.78, 5) is 9.96. The third-order valence-corrected chi connectivity index (χ3v) is 3.50. The number of alkyl halides is 7. The molecule has 0 bridgehead atoms. The van der Waals surface area contributed by atoms with Gasteiger partial charge in [0, 0.05) is 13.2 Å². The first-order valence-electron chi connectivity index (χ1n) is 6.31. The Balaban J connectivity index is 3.39. The van der Waals surface area contributed by atoms with Gasteiger partial charge in [-0.1, -0.05) is 12.1 Å². The minimum atomic E-state index is -6.49. The molecule has 11 heteroatoms. The lowest BCUT2D eigenvalue weighted by Crippen LogP contribution is -2.54. The van der Waals surface area contributed by atoms with Gasteiger partial charge < -0.3 is 4.74 Å². The number of nitro groups is 1.